The number of carbonyl (C=O) groups is 3. The molecule has 1 aromatic carbocycles. The fourth-order valence-corrected chi connectivity index (χ4v) is 5.34. The molecule has 1 aliphatic heterocycles. The van der Waals surface area contributed by atoms with Gasteiger partial charge < -0.3 is 25.5 Å². The van der Waals surface area contributed by atoms with E-state index in [2.05, 4.69) is 53.5 Å². The van der Waals surface area contributed by atoms with Crippen molar-refractivity contribution in [1.29, 1.82) is 0 Å². The number of nitrogens with zero attached hydrogens (tertiary/aromatic N) is 1. The Morgan fingerprint density at radius 1 is 0.952 bits per heavy atom. The maximum atomic E-state index is 10.7. The number of aliphatic carboxylic acids is 3. The van der Waals surface area contributed by atoms with Crippen LogP contribution in [0, 0.1) is 11.3 Å². The number of hydrogen-bond acceptors (Lipinski definition) is 5. The van der Waals surface area contributed by atoms with Crippen molar-refractivity contribution >= 4 is 24.0 Å². The first-order valence-electron chi connectivity index (χ1n) is 13.5. The highest BCUT2D eigenvalue weighted by molar-refractivity contribution is 5.73. The molecule has 1 aromatic rings. The fraction of sp³-hybridized carbons (Fsp3) is 0.607. The highest BCUT2D eigenvalue weighted by Gasteiger charge is 2.49. The molecule has 8 nitrogen and oxygen atoms in total. The number of halogens is 6. The Labute approximate surface area is 239 Å². The molecule has 4 rings (SSSR count). The van der Waals surface area contributed by atoms with Crippen LogP contribution in [0.2, 0.25) is 0 Å². The molecule has 0 aromatic heterocycles. The van der Waals surface area contributed by atoms with E-state index in [0.29, 0.717) is 24.0 Å². The van der Waals surface area contributed by atoms with Gasteiger partial charge in [0.05, 0.1) is 6.42 Å². The summed E-state index contributed by atoms with van der Waals surface area (Å²) in [5.41, 5.74) is 3.45. The van der Waals surface area contributed by atoms with Gasteiger partial charge >= 0.3 is 30.3 Å². The predicted molar refractivity (Wildman–Crippen MR) is 141 cm³/mol. The van der Waals surface area contributed by atoms with Crippen molar-refractivity contribution in [1.82, 2.24) is 10.2 Å². The number of carboxylic acids is 3. The minimum absolute atomic E-state index is 0.274. The van der Waals surface area contributed by atoms with Gasteiger partial charge in [-0.2, -0.15) is 26.3 Å². The van der Waals surface area contributed by atoms with Crippen LogP contribution >= 0.6 is 0 Å². The van der Waals surface area contributed by atoms with Crippen LogP contribution in [0.4, 0.5) is 26.3 Å². The van der Waals surface area contributed by atoms with E-state index >= 15 is 0 Å². The summed E-state index contributed by atoms with van der Waals surface area (Å²) in [6.07, 6.45) is 0.0369. The summed E-state index contributed by atoms with van der Waals surface area (Å²) in [4.78, 5) is 30.9. The van der Waals surface area contributed by atoms with Gasteiger partial charge in [-0.15, -0.1) is 0 Å². The highest BCUT2D eigenvalue weighted by Crippen LogP contribution is 2.51. The van der Waals surface area contributed by atoms with Gasteiger partial charge in [-0.05, 0) is 68.5 Å². The van der Waals surface area contributed by atoms with E-state index in [1.165, 1.54) is 37.7 Å². The molecule has 2 saturated carbocycles. The summed E-state index contributed by atoms with van der Waals surface area (Å²) in [5, 5.41) is 27.0. The Balaban J connectivity index is 0.000000367. The molecule has 14 heteroatoms. The largest absolute Gasteiger partial charge is 0.490 e. The molecule has 0 unspecified atom stereocenters. The van der Waals surface area contributed by atoms with Gasteiger partial charge in [0.2, 0.25) is 0 Å². The SMILES string of the molecule is CC/C(=C\c1ccccc1)[C@@H]1C[C@H]1NC1CC2(CCN(CCC(=O)O)CC2)C1.O=C(O)C(F)(F)F.O=C(O)C(F)(F)F. The van der Waals surface area contributed by atoms with Crippen LogP contribution in [0.1, 0.15) is 57.4 Å². The molecule has 1 heterocycles. The molecule has 0 radical (unpaired) electrons. The van der Waals surface area contributed by atoms with Crippen LogP contribution in [0.3, 0.4) is 0 Å². The van der Waals surface area contributed by atoms with E-state index in [4.69, 9.17) is 24.9 Å². The van der Waals surface area contributed by atoms with Crippen LogP contribution in [0.25, 0.3) is 6.08 Å². The van der Waals surface area contributed by atoms with Crippen molar-refractivity contribution in [2.45, 2.75) is 76.3 Å². The van der Waals surface area contributed by atoms with Gasteiger partial charge in [0.1, 0.15) is 0 Å². The minimum Gasteiger partial charge on any atom is -0.481 e. The van der Waals surface area contributed by atoms with Crippen LogP contribution in [-0.4, -0.2) is 82.2 Å². The minimum atomic E-state index is -5.08. The first-order chi connectivity index (χ1) is 19.5. The van der Waals surface area contributed by atoms with Gasteiger partial charge in [0.15, 0.2) is 0 Å². The number of alkyl halides is 6. The van der Waals surface area contributed by atoms with Crippen molar-refractivity contribution in [3.8, 4) is 0 Å². The standard InChI is InChI=1S/C24H34N2O2.2C2HF3O2/c1-2-19(14-18-6-4-3-5-7-18)21-15-22(21)25-20-16-24(17-20)9-12-26(13-10-24)11-8-23(27)28;2*3-2(4,5)1(6)7/h3-7,14,20-22,25H,2,8-13,15-17H2,1H3,(H,27,28);2*(H,6,7)/b19-14+;;/t21-,22+;;/m0../s1. The second-order valence-electron chi connectivity index (χ2n) is 10.8. The zero-order valence-corrected chi connectivity index (χ0v) is 23.0. The van der Waals surface area contributed by atoms with Gasteiger partial charge in [-0.3, -0.25) is 4.79 Å². The van der Waals surface area contributed by atoms with Crippen molar-refractivity contribution in [2.75, 3.05) is 19.6 Å². The van der Waals surface area contributed by atoms with Crippen molar-refractivity contribution in [3.63, 3.8) is 0 Å². The third-order valence-corrected chi connectivity index (χ3v) is 7.68. The molecule has 2 aliphatic carbocycles. The lowest BCUT2D eigenvalue weighted by Crippen LogP contribution is -2.54. The van der Waals surface area contributed by atoms with Gasteiger partial charge in [0.25, 0.3) is 0 Å². The number of piperidine rings is 1. The number of hydrogen-bond donors (Lipinski definition) is 4. The van der Waals surface area contributed by atoms with Crippen LogP contribution in [-0.2, 0) is 14.4 Å². The maximum absolute atomic E-state index is 10.7. The lowest BCUT2D eigenvalue weighted by molar-refractivity contribution is -0.193. The lowest BCUT2D eigenvalue weighted by atomic mass is 9.60. The van der Waals surface area contributed by atoms with Gasteiger partial charge in [-0.1, -0.05) is 48.9 Å². The van der Waals surface area contributed by atoms with E-state index in [0.717, 1.165) is 25.4 Å². The van der Waals surface area contributed by atoms with E-state index in [1.54, 1.807) is 5.57 Å². The van der Waals surface area contributed by atoms with E-state index < -0.39 is 30.3 Å². The lowest BCUT2D eigenvalue weighted by Gasteiger charge is -2.52. The van der Waals surface area contributed by atoms with Gasteiger partial charge in [0, 0.05) is 18.6 Å². The molecule has 42 heavy (non-hydrogen) atoms. The predicted octanol–water partition coefficient (Wildman–Crippen LogP) is 5.44. The molecule has 1 saturated heterocycles. The topological polar surface area (TPSA) is 127 Å². The van der Waals surface area contributed by atoms with Crippen LogP contribution in [0.15, 0.2) is 35.9 Å². The molecular weight excluding hydrogens is 574 g/mol. The number of carboxylic acid groups (broad SMARTS) is 3. The third-order valence-electron chi connectivity index (χ3n) is 7.68. The third kappa shape index (κ3) is 11.6. The molecule has 3 aliphatic rings. The second-order valence-corrected chi connectivity index (χ2v) is 10.8. The number of rotatable bonds is 8. The Kier molecular flexibility index (Phi) is 12.4. The molecule has 3 fully saturated rings. The molecule has 2 atom stereocenters. The van der Waals surface area contributed by atoms with Crippen molar-refractivity contribution in [3.05, 3.63) is 41.5 Å². The van der Waals surface area contributed by atoms with Gasteiger partial charge in [-0.25, -0.2) is 9.59 Å². The molecule has 0 bridgehead atoms. The quantitative estimate of drug-likeness (QED) is 0.287. The average molecular weight is 611 g/mol. The second kappa shape index (κ2) is 14.9. The van der Waals surface area contributed by atoms with Crippen molar-refractivity contribution in [2.24, 2.45) is 11.3 Å². The molecule has 4 N–H and O–H groups in total. The highest BCUT2D eigenvalue weighted by atomic mass is 19.4. The van der Waals surface area contributed by atoms with Crippen LogP contribution in [0.5, 0.6) is 0 Å². The Hall–Kier alpha value is -3.13. The monoisotopic (exact) mass is 610 g/mol. The zero-order chi connectivity index (χ0) is 31.7. The Morgan fingerprint density at radius 3 is 1.88 bits per heavy atom. The first-order valence-corrected chi connectivity index (χ1v) is 13.5. The maximum Gasteiger partial charge on any atom is 0.490 e. The summed E-state index contributed by atoms with van der Waals surface area (Å²) in [5.74, 6) is -5.47. The Bertz CT molecular complexity index is 1050. The van der Waals surface area contributed by atoms with E-state index in [9.17, 15) is 31.1 Å². The van der Waals surface area contributed by atoms with Crippen molar-refractivity contribution < 1.29 is 56.0 Å². The summed E-state index contributed by atoms with van der Waals surface area (Å²) < 4.78 is 63.5. The molecule has 0 amide bonds. The summed E-state index contributed by atoms with van der Waals surface area (Å²) in [6.45, 7) is 5.14. The number of benzene rings is 1. The van der Waals surface area contributed by atoms with E-state index in [-0.39, 0.29) is 6.42 Å². The van der Waals surface area contributed by atoms with E-state index in [1.807, 2.05) is 0 Å². The number of nitrogens with one attached hydrogen (secondary N) is 1. The first kappa shape index (κ1) is 35.1. The summed E-state index contributed by atoms with van der Waals surface area (Å²) >= 11 is 0. The molecular formula is C28H36F6N2O6. The fourth-order valence-electron chi connectivity index (χ4n) is 5.34. The average Bonchev–Trinajstić information content (AvgIpc) is 3.65. The summed E-state index contributed by atoms with van der Waals surface area (Å²) in [6, 6.07) is 12.1. The zero-order valence-electron chi connectivity index (χ0n) is 23.0. The summed E-state index contributed by atoms with van der Waals surface area (Å²) in [7, 11) is 0. The van der Waals surface area contributed by atoms with Crippen LogP contribution < -0.4 is 5.32 Å². The Morgan fingerprint density at radius 2 is 1.45 bits per heavy atom. The molecule has 1 spiro atoms. The normalized spacial score (nSPS) is 22.1. The molecule has 236 valence electrons. The smallest absolute Gasteiger partial charge is 0.481 e. The number of likely N-dealkylation sites (tertiary alicyclic amines) is 1.